The summed E-state index contributed by atoms with van der Waals surface area (Å²) in [7, 11) is -2.64. The second-order valence-electron chi connectivity index (χ2n) is 4.40. The topological polar surface area (TPSA) is 92.7 Å². The van der Waals surface area contributed by atoms with Crippen molar-refractivity contribution in [3.63, 3.8) is 0 Å². The molecule has 0 aliphatic heterocycles. The first-order valence-electron chi connectivity index (χ1n) is 6.40. The van der Waals surface area contributed by atoms with Gasteiger partial charge in [-0.25, -0.2) is 13.2 Å². The van der Waals surface area contributed by atoms with Crippen molar-refractivity contribution in [2.75, 3.05) is 11.8 Å². The number of thiophene rings is 1. The molecule has 0 radical (unpaired) electrons. The third kappa shape index (κ3) is 3.40. The van der Waals surface area contributed by atoms with E-state index in [-0.39, 0.29) is 21.2 Å². The Balaban J connectivity index is 2.40. The first kappa shape index (κ1) is 16.3. The van der Waals surface area contributed by atoms with E-state index >= 15 is 0 Å². The van der Waals surface area contributed by atoms with E-state index < -0.39 is 16.0 Å². The summed E-state index contributed by atoms with van der Waals surface area (Å²) in [5, 5.41) is 9.52. The van der Waals surface area contributed by atoms with Gasteiger partial charge in [-0.1, -0.05) is 6.92 Å². The van der Waals surface area contributed by atoms with E-state index in [1.165, 1.54) is 25.3 Å². The lowest BCUT2D eigenvalue weighted by Crippen LogP contribution is -2.15. The van der Waals surface area contributed by atoms with Gasteiger partial charge < -0.3 is 9.84 Å². The van der Waals surface area contributed by atoms with Crippen LogP contribution in [-0.2, 0) is 21.2 Å². The molecule has 0 bridgehead atoms. The maximum Gasteiger partial charge on any atom is 0.339 e. The Morgan fingerprint density at radius 1 is 1.32 bits per heavy atom. The molecular weight excluding hydrogens is 326 g/mol. The highest BCUT2D eigenvalue weighted by atomic mass is 32.2. The van der Waals surface area contributed by atoms with Gasteiger partial charge in [0.2, 0.25) is 0 Å². The largest absolute Gasteiger partial charge is 0.508 e. The number of phenols is 1. The van der Waals surface area contributed by atoms with Gasteiger partial charge in [0.05, 0.1) is 18.4 Å². The normalized spacial score (nSPS) is 11.2. The minimum atomic E-state index is -3.83. The number of aryl methyl sites for hydroxylation is 1. The van der Waals surface area contributed by atoms with Crippen LogP contribution in [0.25, 0.3) is 0 Å². The van der Waals surface area contributed by atoms with Gasteiger partial charge in [0.15, 0.2) is 0 Å². The summed E-state index contributed by atoms with van der Waals surface area (Å²) in [5.74, 6) is -0.857. The Hall–Kier alpha value is -2.06. The van der Waals surface area contributed by atoms with Gasteiger partial charge in [-0.15, -0.1) is 11.3 Å². The molecule has 8 heteroatoms. The van der Waals surface area contributed by atoms with Crippen molar-refractivity contribution in [1.29, 1.82) is 0 Å². The number of sulfonamides is 1. The van der Waals surface area contributed by atoms with Gasteiger partial charge in [0, 0.05) is 10.9 Å². The predicted molar refractivity (Wildman–Crippen MR) is 84.0 cm³/mol. The number of aromatic hydroxyl groups is 1. The summed E-state index contributed by atoms with van der Waals surface area (Å²) in [5.41, 5.74) is -0.00514. The third-order valence-electron chi connectivity index (χ3n) is 2.90. The Morgan fingerprint density at radius 2 is 2.05 bits per heavy atom. The van der Waals surface area contributed by atoms with E-state index in [1.807, 2.05) is 6.92 Å². The third-order valence-corrected chi connectivity index (χ3v) is 5.99. The number of hydrogen-bond donors (Lipinski definition) is 2. The second-order valence-corrected chi connectivity index (χ2v) is 7.48. The smallest absolute Gasteiger partial charge is 0.339 e. The number of carbonyl (C=O) groups excluding carboxylic acids is 1. The zero-order valence-electron chi connectivity index (χ0n) is 12.0. The number of rotatable bonds is 5. The van der Waals surface area contributed by atoms with Gasteiger partial charge >= 0.3 is 5.97 Å². The Kier molecular flexibility index (Phi) is 4.72. The summed E-state index contributed by atoms with van der Waals surface area (Å²) in [6.45, 7) is 1.93. The van der Waals surface area contributed by atoms with E-state index in [4.69, 9.17) is 0 Å². The summed E-state index contributed by atoms with van der Waals surface area (Å²) < 4.78 is 31.8. The quantitative estimate of drug-likeness (QED) is 0.816. The molecule has 0 atom stereocenters. The Bertz CT molecular complexity index is 795. The zero-order chi connectivity index (χ0) is 16.3. The molecule has 0 aliphatic rings. The maximum atomic E-state index is 12.4. The van der Waals surface area contributed by atoms with Crippen molar-refractivity contribution in [3.8, 4) is 5.75 Å². The number of ether oxygens (including phenoxy) is 1. The number of phenolic OH excluding ortho intramolecular Hbond substituents is 1. The second kappa shape index (κ2) is 6.37. The summed E-state index contributed by atoms with van der Waals surface area (Å²) >= 11 is 1.15. The van der Waals surface area contributed by atoms with E-state index in [9.17, 15) is 18.3 Å². The molecule has 1 aromatic carbocycles. The fourth-order valence-electron chi connectivity index (χ4n) is 1.79. The van der Waals surface area contributed by atoms with Crippen LogP contribution < -0.4 is 4.72 Å². The highest BCUT2D eigenvalue weighted by molar-refractivity contribution is 7.94. The van der Waals surface area contributed by atoms with Crippen LogP contribution in [0.1, 0.15) is 22.2 Å². The number of hydrogen-bond acceptors (Lipinski definition) is 6. The van der Waals surface area contributed by atoms with Gasteiger partial charge in [-0.3, -0.25) is 4.72 Å². The molecule has 0 spiro atoms. The minimum Gasteiger partial charge on any atom is -0.508 e. The van der Waals surface area contributed by atoms with Gasteiger partial charge in [-0.2, -0.15) is 0 Å². The first-order valence-corrected chi connectivity index (χ1v) is 8.70. The van der Waals surface area contributed by atoms with E-state index in [1.54, 1.807) is 6.07 Å². The number of esters is 1. The number of carbonyl (C=O) groups is 1. The van der Waals surface area contributed by atoms with E-state index in [0.717, 1.165) is 28.7 Å². The maximum absolute atomic E-state index is 12.4. The molecule has 0 amide bonds. The molecule has 22 heavy (non-hydrogen) atoms. The zero-order valence-corrected chi connectivity index (χ0v) is 13.6. The van der Waals surface area contributed by atoms with Crippen LogP contribution in [-0.4, -0.2) is 26.6 Å². The van der Waals surface area contributed by atoms with Gasteiger partial charge in [0.25, 0.3) is 10.0 Å². The molecule has 1 aromatic heterocycles. The van der Waals surface area contributed by atoms with Gasteiger partial charge in [0.1, 0.15) is 9.96 Å². The molecule has 2 N–H and O–H groups in total. The van der Waals surface area contributed by atoms with Crippen molar-refractivity contribution in [1.82, 2.24) is 0 Å². The highest BCUT2D eigenvalue weighted by Crippen LogP contribution is 2.28. The van der Waals surface area contributed by atoms with Crippen molar-refractivity contribution < 1.29 is 23.1 Å². The molecule has 6 nitrogen and oxygen atoms in total. The Labute approximate surface area is 132 Å². The molecule has 0 unspecified atom stereocenters. The van der Waals surface area contributed by atoms with Crippen molar-refractivity contribution >= 4 is 33.0 Å². The molecule has 118 valence electrons. The van der Waals surface area contributed by atoms with Crippen LogP contribution in [0.15, 0.2) is 34.5 Å². The predicted octanol–water partition coefficient (Wildman–Crippen LogP) is 2.60. The number of methoxy groups -OCH3 is 1. The summed E-state index contributed by atoms with van der Waals surface area (Å²) in [6, 6.07) is 6.99. The van der Waals surface area contributed by atoms with E-state index in [0.29, 0.717) is 0 Å². The molecule has 0 aliphatic carbocycles. The minimum absolute atomic E-state index is 0.0242. The monoisotopic (exact) mass is 341 g/mol. The Morgan fingerprint density at radius 3 is 2.64 bits per heavy atom. The fourth-order valence-corrected chi connectivity index (χ4v) is 4.16. The lowest BCUT2D eigenvalue weighted by Gasteiger charge is -2.11. The molecular formula is C14H15NO5S2. The number of anilines is 1. The lowest BCUT2D eigenvalue weighted by molar-refractivity contribution is 0.0602. The fraction of sp³-hybridized carbons (Fsp3) is 0.214. The average molecular weight is 341 g/mol. The van der Waals surface area contributed by atoms with Crippen LogP contribution in [0, 0.1) is 0 Å². The van der Waals surface area contributed by atoms with Crippen molar-refractivity contribution in [2.24, 2.45) is 0 Å². The standard InChI is InChI=1S/C14H15NO5S2/c1-3-10-5-7-13(21-10)22(18,19)15-12-8-9(16)4-6-11(12)14(17)20-2/h4-8,15-16H,3H2,1-2H3. The SMILES string of the molecule is CCc1ccc(S(=O)(=O)Nc2cc(O)ccc2C(=O)OC)s1. The lowest BCUT2D eigenvalue weighted by atomic mass is 10.2. The van der Waals surface area contributed by atoms with E-state index in [2.05, 4.69) is 9.46 Å². The van der Waals surface area contributed by atoms with Crippen LogP contribution in [0.4, 0.5) is 5.69 Å². The number of benzene rings is 1. The first-order chi connectivity index (χ1) is 10.4. The van der Waals surface area contributed by atoms with Crippen LogP contribution in [0.3, 0.4) is 0 Å². The molecule has 2 aromatic rings. The van der Waals surface area contributed by atoms with Crippen LogP contribution >= 0.6 is 11.3 Å². The van der Waals surface area contributed by atoms with Crippen LogP contribution in [0.2, 0.25) is 0 Å². The summed E-state index contributed by atoms with van der Waals surface area (Å²) in [4.78, 5) is 12.6. The molecule has 0 fully saturated rings. The average Bonchev–Trinajstić information content (AvgIpc) is 2.96. The summed E-state index contributed by atoms with van der Waals surface area (Å²) in [6.07, 6.45) is 0.736. The number of nitrogens with one attached hydrogen (secondary N) is 1. The van der Waals surface area contributed by atoms with Crippen molar-refractivity contribution in [2.45, 2.75) is 17.6 Å². The van der Waals surface area contributed by atoms with Crippen molar-refractivity contribution in [3.05, 3.63) is 40.8 Å². The highest BCUT2D eigenvalue weighted by Gasteiger charge is 2.21. The molecule has 0 saturated heterocycles. The molecule has 1 heterocycles. The molecule has 2 rings (SSSR count). The van der Waals surface area contributed by atoms with Gasteiger partial charge in [-0.05, 0) is 30.7 Å². The molecule has 0 saturated carbocycles. The van der Waals surface area contributed by atoms with Crippen LogP contribution in [0.5, 0.6) is 5.75 Å².